The van der Waals surface area contributed by atoms with Crippen LogP contribution < -0.4 is 20.1 Å². The Bertz CT molecular complexity index is 1190. The number of esters is 1. The van der Waals surface area contributed by atoms with Crippen LogP contribution in [0.15, 0.2) is 58.6 Å². The van der Waals surface area contributed by atoms with Gasteiger partial charge in [0.2, 0.25) is 0 Å². The average molecular weight is 481 g/mol. The Kier molecular flexibility index (Phi) is 6.95. The zero-order valence-electron chi connectivity index (χ0n) is 17.5. The van der Waals surface area contributed by atoms with E-state index in [2.05, 4.69) is 10.6 Å². The molecule has 9 nitrogen and oxygen atoms in total. The highest BCUT2D eigenvalue weighted by Crippen LogP contribution is 2.33. The van der Waals surface area contributed by atoms with E-state index in [4.69, 9.17) is 25.8 Å². The van der Waals surface area contributed by atoms with E-state index in [0.717, 1.165) is 0 Å². The van der Waals surface area contributed by atoms with Gasteiger partial charge < -0.3 is 24.8 Å². The minimum Gasteiger partial charge on any atom is -0.493 e. The van der Waals surface area contributed by atoms with Crippen LogP contribution in [-0.2, 0) is 19.4 Å². The maximum absolute atomic E-state index is 13.2. The number of benzene rings is 2. The first-order chi connectivity index (χ1) is 15.2. The molecule has 2 amide bonds. The number of carbonyl (C=O) groups excluding carboxylic acids is 2. The topological polar surface area (TPSA) is 120 Å². The normalized spacial score (nSPS) is 16.1. The lowest BCUT2D eigenvalue weighted by molar-refractivity contribution is -0.136. The van der Waals surface area contributed by atoms with E-state index in [-0.39, 0.29) is 21.9 Å². The van der Waals surface area contributed by atoms with Crippen molar-refractivity contribution in [3.63, 3.8) is 0 Å². The van der Waals surface area contributed by atoms with Crippen LogP contribution in [0, 0.1) is 0 Å². The van der Waals surface area contributed by atoms with Gasteiger partial charge in [0, 0.05) is 16.8 Å². The SMILES string of the molecule is COC(=O)C1=C(CS(=O)(=O)c2ccc(OC)c(OC)c2)NC(=O)N[C@@H]1c1cccc(Cl)c1. The van der Waals surface area contributed by atoms with Crippen LogP contribution in [0.25, 0.3) is 0 Å². The fourth-order valence-electron chi connectivity index (χ4n) is 3.30. The molecule has 1 heterocycles. The number of carbonyl (C=O) groups is 2. The van der Waals surface area contributed by atoms with E-state index in [1.807, 2.05) is 0 Å². The summed E-state index contributed by atoms with van der Waals surface area (Å²) in [5, 5.41) is 5.44. The molecule has 0 bridgehead atoms. The minimum atomic E-state index is -4.00. The molecule has 0 fully saturated rings. The zero-order valence-corrected chi connectivity index (χ0v) is 19.0. The first-order valence-corrected chi connectivity index (χ1v) is 11.3. The highest BCUT2D eigenvalue weighted by molar-refractivity contribution is 7.91. The third-order valence-electron chi connectivity index (χ3n) is 4.79. The van der Waals surface area contributed by atoms with Crippen LogP contribution >= 0.6 is 11.6 Å². The predicted octanol–water partition coefficient (Wildman–Crippen LogP) is 2.61. The van der Waals surface area contributed by atoms with Crippen molar-refractivity contribution in [3.05, 3.63) is 64.3 Å². The number of amides is 2. The second-order valence-electron chi connectivity index (χ2n) is 6.75. The number of ether oxygens (including phenoxy) is 3. The summed E-state index contributed by atoms with van der Waals surface area (Å²) in [6, 6.07) is 9.02. The van der Waals surface area contributed by atoms with Gasteiger partial charge in [-0.2, -0.15) is 0 Å². The van der Waals surface area contributed by atoms with Crippen LogP contribution in [-0.4, -0.2) is 47.5 Å². The maximum Gasteiger partial charge on any atom is 0.338 e. The van der Waals surface area contributed by atoms with E-state index in [1.54, 1.807) is 24.3 Å². The number of rotatable bonds is 7. The molecule has 1 aliphatic heterocycles. The van der Waals surface area contributed by atoms with E-state index in [9.17, 15) is 18.0 Å². The van der Waals surface area contributed by atoms with Gasteiger partial charge in [-0.3, -0.25) is 0 Å². The molecule has 0 radical (unpaired) electrons. The molecule has 11 heteroatoms. The Balaban J connectivity index is 2.09. The number of hydrogen-bond acceptors (Lipinski definition) is 7. The summed E-state index contributed by atoms with van der Waals surface area (Å²) in [6.07, 6.45) is 0. The molecule has 0 saturated heterocycles. The highest BCUT2D eigenvalue weighted by Gasteiger charge is 2.35. The van der Waals surface area contributed by atoms with Crippen molar-refractivity contribution in [2.45, 2.75) is 10.9 Å². The van der Waals surface area contributed by atoms with Gasteiger partial charge in [-0.25, -0.2) is 18.0 Å². The molecule has 3 rings (SSSR count). The zero-order chi connectivity index (χ0) is 23.5. The van der Waals surface area contributed by atoms with Crippen LogP contribution in [0.2, 0.25) is 5.02 Å². The molecule has 0 unspecified atom stereocenters. The molecule has 2 aromatic carbocycles. The number of hydrogen-bond donors (Lipinski definition) is 2. The number of urea groups is 1. The first-order valence-electron chi connectivity index (χ1n) is 9.29. The Labute approximate surface area is 190 Å². The largest absolute Gasteiger partial charge is 0.493 e. The third-order valence-corrected chi connectivity index (χ3v) is 6.67. The standard InChI is InChI=1S/C21H21ClN2O7S/c1-29-16-8-7-14(10-17(16)30-2)32(27,28)11-15-18(20(25)31-3)19(24-21(26)23-15)12-5-4-6-13(22)9-12/h4-10,19H,11H2,1-3H3,(H2,23,24,26)/t19-/m1/s1. The molecule has 0 spiro atoms. The van der Waals surface area contributed by atoms with E-state index in [0.29, 0.717) is 16.3 Å². The summed E-state index contributed by atoms with van der Waals surface area (Å²) < 4.78 is 41.5. The van der Waals surface area contributed by atoms with E-state index < -0.39 is 33.6 Å². The summed E-state index contributed by atoms with van der Waals surface area (Å²) in [5.74, 6) is -0.865. The van der Waals surface area contributed by atoms with Crippen molar-refractivity contribution in [3.8, 4) is 11.5 Å². The van der Waals surface area contributed by atoms with E-state index in [1.165, 1.54) is 39.5 Å². The van der Waals surface area contributed by atoms with Crippen LogP contribution in [0.3, 0.4) is 0 Å². The molecule has 170 valence electrons. The molecular weight excluding hydrogens is 460 g/mol. The Hall–Kier alpha value is -3.24. The van der Waals surface area contributed by atoms with Crippen molar-refractivity contribution in [2.75, 3.05) is 27.1 Å². The van der Waals surface area contributed by atoms with Gasteiger partial charge in [0.1, 0.15) is 0 Å². The monoisotopic (exact) mass is 480 g/mol. The number of halogens is 1. The predicted molar refractivity (Wildman–Crippen MR) is 117 cm³/mol. The molecule has 0 saturated carbocycles. The van der Waals surface area contributed by atoms with Crippen LogP contribution in [0.4, 0.5) is 4.79 Å². The molecule has 2 aromatic rings. The maximum atomic E-state index is 13.2. The fraction of sp³-hybridized carbons (Fsp3) is 0.238. The van der Waals surface area contributed by atoms with Gasteiger partial charge in [0.05, 0.1) is 43.6 Å². The lowest BCUT2D eigenvalue weighted by atomic mass is 9.95. The smallest absolute Gasteiger partial charge is 0.338 e. The second-order valence-corrected chi connectivity index (χ2v) is 9.17. The second kappa shape index (κ2) is 9.49. The quantitative estimate of drug-likeness (QED) is 0.584. The Morgan fingerprint density at radius 2 is 1.78 bits per heavy atom. The van der Waals surface area contributed by atoms with Gasteiger partial charge in [-0.05, 0) is 29.8 Å². The minimum absolute atomic E-state index is 0.0431. The van der Waals surface area contributed by atoms with Crippen LogP contribution in [0.5, 0.6) is 11.5 Å². The fourth-order valence-corrected chi connectivity index (χ4v) is 4.84. The first kappa shape index (κ1) is 23.4. The van der Waals surface area contributed by atoms with Gasteiger partial charge >= 0.3 is 12.0 Å². The van der Waals surface area contributed by atoms with Crippen molar-refractivity contribution < 1.29 is 32.2 Å². The summed E-state index contributed by atoms with van der Waals surface area (Å²) in [4.78, 5) is 24.9. The number of nitrogens with one attached hydrogen (secondary N) is 2. The Morgan fingerprint density at radius 3 is 2.41 bits per heavy atom. The number of sulfone groups is 1. The summed E-state index contributed by atoms with van der Waals surface area (Å²) in [5.41, 5.74) is 0.354. The average Bonchev–Trinajstić information content (AvgIpc) is 2.77. The van der Waals surface area contributed by atoms with Gasteiger partial charge in [0.25, 0.3) is 0 Å². The van der Waals surface area contributed by atoms with E-state index >= 15 is 0 Å². The molecular formula is C21H21ClN2O7S. The number of methoxy groups -OCH3 is 3. The van der Waals surface area contributed by atoms with Gasteiger partial charge in [-0.1, -0.05) is 23.7 Å². The third kappa shape index (κ3) is 4.81. The Morgan fingerprint density at radius 1 is 1.06 bits per heavy atom. The molecule has 32 heavy (non-hydrogen) atoms. The van der Waals surface area contributed by atoms with Crippen molar-refractivity contribution >= 4 is 33.4 Å². The summed E-state index contributed by atoms with van der Waals surface area (Å²) in [6.45, 7) is 0. The summed E-state index contributed by atoms with van der Waals surface area (Å²) in [7, 11) is -0.0169. The lowest BCUT2D eigenvalue weighted by Crippen LogP contribution is -2.47. The van der Waals surface area contributed by atoms with Crippen molar-refractivity contribution in [1.82, 2.24) is 10.6 Å². The van der Waals surface area contributed by atoms with Crippen LogP contribution in [0.1, 0.15) is 11.6 Å². The summed E-state index contributed by atoms with van der Waals surface area (Å²) >= 11 is 6.06. The molecule has 0 aromatic heterocycles. The molecule has 1 aliphatic rings. The lowest BCUT2D eigenvalue weighted by Gasteiger charge is -2.29. The van der Waals surface area contributed by atoms with Crippen molar-refractivity contribution in [2.24, 2.45) is 0 Å². The molecule has 0 aliphatic carbocycles. The van der Waals surface area contributed by atoms with Crippen molar-refractivity contribution in [1.29, 1.82) is 0 Å². The highest BCUT2D eigenvalue weighted by atomic mass is 35.5. The molecule has 1 atom stereocenters. The molecule has 2 N–H and O–H groups in total. The van der Waals surface area contributed by atoms with Gasteiger partial charge in [0.15, 0.2) is 21.3 Å². The van der Waals surface area contributed by atoms with Gasteiger partial charge in [-0.15, -0.1) is 0 Å².